The average Bonchev–Trinajstić information content (AvgIpc) is 2.87. The predicted octanol–water partition coefficient (Wildman–Crippen LogP) is 4.48. The number of thiazole rings is 1. The van der Waals surface area contributed by atoms with E-state index in [-0.39, 0.29) is 17.4 Å². The molecule has 0 fully saturated rings. The van der Waals surface area contributed by atoms with Crippen LogP contribution in [0.3, 0.4) is 0 Å². The van der Waals surface area contributed by atoms with Crippen molar-refractivity contribution in [3.63, 3.8) is 0 Å². The van der Waals surface area contributed by atoms with Crippen LogP contribution in [0, 0.1) is 0 Å². The van der Waals surface area contributed by atoms with Crippen LogP contribution >= 0.6 is 11.3 Å². The van der Waals surface area contributed by atoms with Crippen molar-refractivity contribution in [2.45, 2.75) is 46.1 Å². The normalized spacial score (nSPS) is 11.5. The van der Waals surface area contributed by atoms with Crippen molar-refractivity contribution in [2.75, 3.05) is 5.32 Å². The summed E-state index contributed by atoms with van der Waals surface area (Å²) in [5.74, 6) is 0.383. The Morgan fingerprint density at radius 2 is 1.95 bits per heavy atom. The van der Waals surface area contributed by atoms with E-state index in [1.165, 1.54) is 11.3 Å². The number of hydrogen-bond acceptors (Lipinski definition) is 4. The second-order valence-corrected chi connectivity index (χ2v) is 7.43. The Kier molecular flexibility index (Phi) is 4.86. The van der Waals surface area contributed by atoms with Crippen molar-refractivity contribution >= 4 is 22.4 Å². The van der Waals surface area contributed by atoms with E-state index in [2.05, 4.69) is 31.1 Å². The standard InChI is InChI=1S/C17H22N2O2S/c1-11(2)21-13-9-7-6-8-12(13)15(20)19-16-18-10-14(22-16)17(3,4)5/h6-11H,1-5H3,(H,18,19,20). The fourth-order valence-corrected chi connectivity index (χ4v) is 2.72. The summed E-state index contributed by atoms with van der Waals surface area (Å²) in [5, 5.41) is 3.46. The molecule has 22 heavy (non-hydrogen) atoms. The van der Waals surface area contributed by atoms with E-state index < -0.39 is 0 Å². The van der Waals surface area contributed by atoms with Crippen LogP contribution in [0.25, 0.3) is 0 Å². The molecule has 5 heteroatoms. The third-order valence-electron chi connectivity index (χ3n) is 2.96. The van der Waals surface area contributed by atoms with Gasteiger partial charge in [-0.2, -0.15) is 0 Å². The van der Waals surface area contributed by atoms with Crippen molar-refractivity contribution in [2.24, 2.45) is 0 Å². The first-order chi connectivity index (χ1) is 10.3. The number of nitrogens with one attached hydrogen (secondary N) is 1. The largest absolute Gasteiger partial charge is 0.490 e. The van der Waals surface area contributed by atoms with Crippen molar-refractivity contribution in [1.82, 2.24) is 4.98 Å². The van der Waals surface area contributed by atoms with Gasteiger partial charge in [0.25, 0.3) is 5.91 Å². The Bertz CT molecular complexity index is 657. The van der Waals surface area contributed by atoms with Gasteiger partial charge in [0.1, 0.15) is 5.75 Å². The maximum absolute atomic E-state index is 12.5. The molecule has 0 saturated carbocycles. The van der Waals surface area contributed by atoms with E-state index in [0.29, 0.717) is 16.4 Å². The molecule has 0 spiro atoms. The Hall–Kier alpha value is -1.88. The van der Waals surface area contributed by atoms with Gasteiger partial charge < -0.3 is 4.74 Å². The van der Waals surface area contributed by atoms with Crippen LogP contribution < -0.4 is 10.1 Å². The van der Waals surface area contributed by atoms with Gasteiger partial charge in [0.2, 0.25) is 0 Å². The van der Waals surface area contributed by atoms with Crippen LogP contribution in [-0.2, 0) is 5.41 Å². The van der Waals surface area contributed by atoms with Crippen LogP contribution in [-0.4, -0.2) is 17.0 Å². The highest BCUT2D eigenvalue weighted by Gasteiger charge is 2.19. The summed E-state index contributed by atoms with van der Waals surface area (Å²) in [4.78, 5) is 17.9. The summed E-state index contributed by atoms with van der Waals surface area (Å²) in [6, 6.07) is 7.24. The van der Waals surface area contributed by atoms with E-state index >= 15 is 0 Å². The van der Waals surface area contributed by atoms with E-state index in [4.69, 9.17) is 4.74 Å². The number of hydrogen-bond donors (Lipinski definition) is 1. The lowest BCUT2D eigenvalue weighted by atomic mass is 9.96. The minimum atomic E-state index is -0.203. The van der Waals surface area contributed by atoms with Crippen molar-refractivity contribution in [3.8, 4) is 5.75 Å². The number of aromatic nitrogens is 1. The molecule has 0 radical (unpaired) electrons. The molecule has 2 rings (SSSR count). The predicted molar refractivity (Wildman–Crippen MR) is 91.0 cm³/mol. The molecule has 4 nitrogen and oxygen atoms in total. The molecule has 0 bridgehead atoms. The molecular weight excluding hydrogens is 296 g/mol. The zero-order valence-corrected chi connectivity index (χ0v) is 14.5. The van der Waals surface area contributed by atoms with Crippen LogP contribution in [0.2, 0.25) is 0 Å². The number of benzene rings is 1. The SMILES string of the molecule is CC(C)Oc1ccccc1C(=O)Nc1ncc(C(C)(C)C)s1. The minimum Gasteiger partial charge on any atom is -0.490 e. The number of para-hydroxylation sites is 1. The first-order valence-electron chi connectivity index (χ1n) is 7.30. The van der Waals surface area contributed by atoms with Gasteiger partial charge >= 0.3 is 0 Å². The third-order valence-corrected chi connectivity index (χ3v) is 4.30. The van der Waals surface area contributed by atoms with Crippen LogP contribution in [0.5, 0.6) is 5.75 Å². The summed E-state index contributed by atoms with van der Waals surface area (Å²) >= 11 is 1.50. The summed E-state index contributed by atoms with van der Waals surface area (Å²) < 4.78 is 5.69. The highest BCUT2D eigenvalue weighted by atomic mass is 32.1. The fourth-order valence-electron chi connectivity index (χ4n) is 1.85. The highest BCUT2D eigenvalue weighted by molar-refractivity contribution is 7.15. The fraction of sp³-hybridized carbons (Fsp3) is 0.412. The average molecular weight is 318 g/mol. The summed E-state index contributed by atoms with van der Waals surface area (Å²) in [7, 11) is 0. The Morgan fingerprint density at radius 1 is 1.27 bits per heavy atom. The maximum Gasteiger partial charge on any atom is 0.261 e. The van der Waals surface area contributed by atoms with Gasteiger partial charge in [-0.1, -0.05) is 32.9 Å². The highest BCUT2D eigenvalue weighted by Crippen LogP contribution is 2.30. The first-order valence-corrected chi connectivity index (χ1v) is 8.12. The second kappa shape index (κ2) is 6.48. The molecule has 1 aromatic heterocycles. The van der Waals surface area contributed by atoms with Gasteiger partial charge in [-0.15, -0.1) is 11.3 Å². The van der Waals surface area contributed by atoms with Crippen LogP contribution in [0.1, 0.15) is 49.9 Å². The molecule has 118 valence electrons. The minimum absolute atomic E-state index is 0.0151. The van der Waals surface area contributed by atoms with E-state index in [0.717, 1.165) is 4.88 Å². The number of ether oxygens (including phenoxy) is 1. The van der Waals surface area contributed by atoms with Gasteiger partial charge in [-0.3, -0.25) is 10.1 Å². The molecule has 2 aromatic rings. The van der Waals surface area contributed by atoms with E-state index in [9.17, 15) is 4.79 Å². The smallest absolute Gasteiger partial charge is 0.261 e. The molecule has 0 unspecified atom stereocenters. The number of nitrogens with zero attached hydrogens (tertiary/aromatic N) is 1. The molecule has 1 amide bonds. The quantitative estimate of drug-likeness (QED) is 0.904. The Labute approximate surface area is 135 Å². The summed E-state index contributed by atoms with van der Waals surface area (Å²) in [6.45, 7) is 10.2. The topological polar surface area (TPSA) is 51.2 Å². The molecule has 0 aliphatic heterocycles. The van der Waals surface area contributed by atoms with Gasteiger partial charge in [0.05, 0.1) is 11.7 Å². The molecule has 1 heterocycles. The number of carbonyl (C=O) groups is 1. The van der Waals surface area contributed by atoms with Crippen LogP contribution in [0.4, 0.5) is 5.13 Å². The van der Waals surface area contributed by atoms with Gasteiger partial charge in [-0.05, 0) is 31.4 Å². The molecule has 0 aliphatic carbocycles. The number of amides is 1. The zero-order chi connectivity index (χ0) is 16.3. The van der Waals surface area contributed by atoms with E-state index in [1.54, 1.807) is 12.1 Å². The Balaban J connectivity index is 2.18. The van der Waals surface area contributed by atoms with E-state index in [1.807, 2.05) is 32.2 Å². The molecule has 0 aliphatic rings. The molecule has 1 aromatic carbocycles. The number of carbonyl (C=O) groups excluding carboxylic acids is 1. The number of rotatable bonds is 4. The monoisotopic (exact) mass is 318 g/mol. The lowest BCUT2D eigenvalue weighted by Crippen LogP contribution is -2.15. The number of anilines is 1. The van der Waals surface area contributed by atoms with Crippen molar-refractivity contribution < 1.29 is 9.53 Å². The van der Waals surface area contributed by atoms with Crippen molar-refractivity contribution in [1.29, 1.82) is 0 Å². The molecule has 0 atom stereocenters. The summed E-state index contributed by atoms with van der Waals surface area (Å²) in [5.41, 5.74) is 0.544. The second-order valence-electron chi connectivity index (χ2n) is 6.40. The molecule has 0 saturated heterocycles. The van der Waals surface area contributed by atoms with Crippen LogP contribution in [0.15, 0.2) is 30.5 Å². The maximum atomic E-state index is 12.5. The van der Waals surface area contributed by atoms with Crippen molar-refractivity contribution in [3.05, 3.63) is 40.9 Å². The Morgan fingerprint density at radius 3 is 2.55 bits per heavy atom. The summed E-state index contributed by atoms with van der Waals surface area (Å²) in [6.07, 6.45) is 1.83. The lowest BCUT2D eigenvalue weighted by Gasteiger charge is -2.14. The molecular formula is C17H22N2O2S. The zero-order valence-electron chi connectivity index (χ0n) is 13.6. The van der Waals surface area contributed by atoms with Gasteiger partial charge in [0, 0.05) is 11.1 Å². The van der Waals surface area contributed by atoms with Gasteiger partial charge in [0.15, 0.2) is 5.13 Å². The third kappa shape index (κ3) is 4.07. The molecule has 1 N–H and O–H groups in total. The first kappa shape index (κ1) is 16.5. The van der Waals surface area contributed by atoms with Gasteiger partial charge in [-0.25, -0.2) is 4.98 Å². The lowest BCUT2D eigenvalue weighted by molar-refractivity contribution is 0.102.